The predicted octanol–water partition coefficient (Wildman–Crippen LogP) is 7.40. The Morgan fingerprint density at radius 2 is 1.57 bits per heavy atom. The van der Waals surface area contributed by atoms with Gasteiger partial charge in [0.05, 0.1) is 31.5 Å². The predicted molar refractivity (Wildman–Crippen MR) is 143 cm³/mol. The first-order valence-corrected chi connectivity index (χ1v) is 12.5. The zero-order chi connectivity index (χ0) is 25.5. The molecule has 1 heterocycles. The molecule has 35 heavy (non-hydrogen) atoms. The molecule has 1 aliphatic rings. The molecule has 3 aromatic rings. The quantitative estimate of drug-likeness (QED) is 0.355. The average Bonchev–Trinajstić information content (AvgIpc) is 2.82. The fourth-order valence-electron chi connectivity index (χ4n) is 5.07. The minimum absolute atomic E-state index is 0.0572. The van der Waals surface area contributed by atoms with Crippen molar-refractivity contribution in [2.24, 2.45) is 5.92 Å². The van der Waals surface area contributed by atoms with Gasteiger partial charge in [-0.2, -0.15) is 0 Å². The van der Waals surface area contributed by atoms with E-state index >= 15 is 0 Å². The molecule has 0 aromatic heterocycles. The van der Waals surface area contributed by atoms with Crippen molar-refractivity contribution in [2.45, 2.75) is 45.1 Å². The van der Waals surface area contributed by atoms with Crippen LogP contribution in [0.25, 0.3) is 0 Å². The lowest BCUT2D eigenvalue weighted by Crippen LogP contribution is -2.32. The molecule has 0 saturated heterocycles. The van der Waals surface area contributed by atoms with Crippen LogP contribution in [-0.2, 0) is 5.41 Å². The Morgan fingerprint density at radius 1 is 0.943 bits per heavy atom. The van der Waals surface area contributed by atoms with Gasteiger partial charge in [0.25, 0.3) is 0 Å². The van der Waals surface area contributed by atoms with Gasteiger partial charge in [0.1, 0.15) is 0 Å². The highest BCUT2D eigenvalue weighted by atomic mass is 79.9. The summed E-state index contributed by atoms with van der Waals surface area (Å²) in [7, 11) is 3.24. The maximum atomic E-state index is 12.2. The van der Waals surface area contributed by atoms with Crippen molar-refractivity contribution in [3.05, 3.63) is 86.9 Å². The van der Waals surface area contributed by atoms with Crippen molar-refractivity contribution >= 4 is 27.6 Å². The second-order valence-electron chi connectivity index (χ2n) is 10.2. The molecule has 3 aromatic carbocycles. The van der Waals surface area contributed by atoms with Crippen LogP contribution in [0.5, 0.6) is 11.5 Å². The highest BCUT2D eigenvalue weighted by Crippen LogP contribution is 2.50. The molecule has 5 nitrogen and oxygen atoms in total. The van der Waals surface area contributed by atoms with Gasteiger partial charge in [-0.15, -0.1) is 0 Å². The summed E-state index contributed by atoms with van der Waals surface area (Å²) in [5.74, 6) is 0.410. The Balaban J connectivity index is 1.89. The Kier molecular flexibility index (Phi) is 6.87. The largest absolute Gasteiger partial charge is 0.493 e. The second kappa shape index (κ2) is 9.57. The van der Waals surface area contributed by atoms with E-state index in [1.54, 1.807) is 20.3 Å². The van der Waals surface area contributed by atoms with Crippen LogP contribution in [0.4, 0.5) is 5.69 Å². The second-order valence-corrected chi connectivity index (χ2v) is 11.1. The van der Waals surface area contributed by atoms with E-state index in [0.717, 1.165) is 21.2 Å². The fourth-order valence-corrected chi connectivity index (χ4v) is 5.55. The number of benzene rings is 3. The molecule has 2 N–H and O–H groups in total. The van der Waals surface area contributed by atoms with Crippen LogP contribution in [-0.4, -0.2) is 25.3 Å². The number of aromatic carboxylic acids is 1. The van der Waals surface area contributed by atoms with Crippen LogP contribution in [0.3, 0.4) is 0 Å². The van der Waals surface area contributed by atoms with Gasteiger partial charge in [-0.25, -0.2) is 4.79 Å². The lowest BCUT2D eigenvalue weighted by molar-refractivity contribution is 0.0697. The minimum Gasteiger partial charge on any atom is -0.493 e. The molecule has 0 spiro atoms. The zero-order valence-corrected chi connectivity index (χ0v) is 22.6. The Bertz CT molecular complexity index is 1250. The van der Waals surface area contributed by atoms with E-state index in [1.165, 1.54) is 5.56 Å². The number of nitrogens with one attached hydrogen (secondary N) is 1. The molecule has 0 unspecified atom stereocenters. The van der Waals surface area contributed by atoms with Crippen molar-refractivity contribution in [3.8, 4) is 11.5 Å². The molecule has 0 amide bonds. The van der Waals surface area contributed by atoms with Crippen LogP contribution >= 0.6 is 15.9 Å². The van der Waals surface area contributed by atoms with Crippen molar-refractivity contribution in [3.63, 3.8) is 0 Å². The molecule has 1 aliphatic heterocycles. The SMILES string of the molecule is COc1ccc([C@@H]2c3cc(Br)cc(C(=O)O)c3N[C@@H](c3ccc(C(C)(C)C)cc3)[C@H]2C)cc1OC. The van der Waals surface area contributed by atoms with Gasteiger partial charge >= 0.3 is 5.97 Å². The van der Waals surface area contributed by atoms with Crippen LogP contribution in [0.2, 0.25) is 0 Å². The molecule has 0 fully saturated rings. The Labute approximate surface area is 215 Å². The molecule has 0 radical (unpaired) electrons. The number of halogens is 1. The third-order valence-corrected chi connectivity index (χ3v) is 7.41. The van der Waals surface area contributed by atoms with Gasteiger partial charge in [-0.1, -0.05) is 74.0 Å². The van der Waals surface area contributed by atoms with Crippen molar-refractivity contribution in [1.29, 1.82) is 0 Å². The molecule has 4 rings (SSSR count). The van der Waals surface area contributed by atoms with Crippen LogP contribution in [0, 0.1) is 5.92 Å². The van der Waals surface area contributed by atoms with Gasteiger partial charge in [-0.3, -0.25) is 0 Å². The van der Waals surface area contributed by atoms with E-state index in [4.69, 9.17) is 9.47 Å². The zero-order valence-electron chi connectivity index (χ0n) is 21.0. The van der Waals surface area contributed by atoms with E-state index in [-0.39, 0.29) is 28.9 Å². The molecular weight excluding hydrogens is 506 g/mol. The first kappa shape index (κ1) is 25.1. The third-order valence-electron chi connectivity index (χ3n) is 6.95. The maximum Gasteiger partial charge on any atom is 0.337 e. The summed E-state index contributed by atoms with van der Waals surface area (Å²) in [6, 6.07) is 18.2. The summed E-state index contributed by atoms with van der Waals surface area (Å²) in [6.07, 6.45) is 0. The Hall–Kier alpha value is -2.99. The number of fused-ring (bicyclic) bond motifs is 1. The van der Waals surface area contributed by atoms with Gasteiger partial charge in [0.15, 0.2) is 11.5 Å². The minimum atomic E-state index is -0.961. The molecule has 6 heteroatoms. The van der Waals surface area contributed by atoms with E-state index in [9.17, 15) is 9.90 Å². The molecule has 0 bridgehead atoms. The molecule has 0 saturated carbocycles. The molecule has 3 atom stereocenters. The number of ether oxygens (including phenoxy) is 2. The number of hydrogen-bond acceptors (Lipinski definition) is 4. The van der Waals surface area contributed by atoms with E-state index in [1.807, 2.05) is 24.3 Å². The Morgan fingerprint density at radius 3 is 2.14 bits per heavy atom. The standard InChI is InChI=1S/C29H32BrNO4/c1-16-25(18-9-12-23(34-5)24(13-18)35-6)21-14-20(30)15-22(28(32)33)27(21)31-26(16)17-7-10-19(11-8-17)29(2,3)4/h7-16,25-26,31H,1-6H3,(H,32,33)/t16-,25+,26+/m0/s1. The first-order chi connectivity index (χ1) is 16.5. The molecule has 184 valence electrons. The van der Waals surface area contributed by atoms with Crippen LogP contribution in [0.15, 0.2) is 59.1 Å². The number of carboxylic acids is 1. The number of carboxylic acid groups (broad SMARTS) is 1. The van der Waals surface area contributed by atoms with Gasteiger partial charge < -0.3 is 19.9 Å². The van der Waals surface area contributed by atoms with Gasteiger partial charge in [-0.05, 0) is 57.9 Å². The number of hydrogen-bond donors (Lipinski definition) is 2. The van der Waals surface area contributed by atoms with E-state index < -0.39 is 5.97 Å². The van der Waals surface area contributed by atoms with Gasteiger partial charge in [0, 0.05) is 10.4 Å². The summed E-state index contributed by atoms with van der Waals surface area (Å²) < 4.78 is 11.8. The highest BCUT2D eigenvalue weighted by molar-refractivity contribution is 9.10. The summed E-state index contributed by atoms with van der Waals surface area (Å²) >= 11 is 3.53. The van der Waals surface area contributed by atoms with E-state index in [2.05, 4.69) is 73.2 Å². The smallest absolute Gasteiger partial charge is 0.337 e. The number of methoxy groups -OCH3 is 2. The first-order valence-electron chi connectivity index (χ1n) is 11.7. The monoisotopic (exact) mass is 537 g/mol. The lowest BCUT2D eigenvalue weighted by Gasteiger charge is -2.40. The van der Waals surface area contributed by atoms with Crippen LogP contribution < -0.4 is 14.8 Å². The number of carbonyl (C=O) groups is 1. The van der Waals surface area contributed by atoms with Gasteiger partial charge in [0.2, 0.25) is 0 Å². The molecule has 0 aliphatic carbocycles. The summed E-state index contributed by atoms with van der Waals surface area (Å²) in [5, 5.41) is 13.6. The van der Waals surface area contributed by atoms with Crippen molar-refractivity contribution in [2.75, 3.05) is 19.5 Å². The van der Waals surface area contributed by atoms with Crippen molar-refractivity contribution < 1.29 is 19.4 Å². The summed E-state index contributed by atoms with van der Waals surface area (Å²) in [4.78, 5) is 12.2. The van der Waals surface area contributed by atoms with E-state index in [0.29, 0.717) is 17.2 Å². The highest BCUT2D eigenvalue weighted by Gasteiger charge is 2.38. The molecular formula is C29H32BrNO4. The normalized spacial score (nSPS) is 19.5. The van der Waals surface area contributed by atoms with Crippen LogP contribution in [0.1, 0.15) is 72.3 Å². The summed E-state index contributed by atoms with van der Waals surface area (Å²) in [6.45, 7) is 8.80. The number of anilines is 1. The number of rotatable bonds is 5. The lowest BCUT2D eigenvalue weighted by atomic mass is 9.72. The maximum absolute atomic E-state index is 12.2. The third kappa shape index (κ3) is 4.76. The summed E-state index contributed by atoms with van der Waals surface area (Å²) in [5.41, 5.74) is 5.34. The topological polar surface area (TPSA) is 67.8 Å². The van der Waals surface area contributed by atoms with Crippen molar-refractivity contribution in [1.82, 2.24) is 0 Å². The fraction of sp³-hybridized carbons (Fsp3) is 0.345. The average molecular weight is 538 g/mol.